The first-order valence-corrected chi connectivity index (χ1v) is 5.86. The molecule has 0 aromatic carbocycles. The maximum atomic E-state index is 11.0. The number of aromatic nitrogens is 4. The van der Waals surface area contributed by atoms with E-state index in [1.54, 1.807) is 4.68 Å². The maximum absolute atomic E-state index is 11.0. The quantitative estimate of drug-likeness (QED) is 0.776. The van der Waals surface area contributed by atoms with E-state index in [1.807, 2.05) is 20.1 Å². The molecule has 1 atom stereocenters. The molecule has 1 heterocycles. The molecule has 7 heteroatoms. The summed E-state index contributed by atoms with van der Waals surface area (Å²) in [6.45, 7) is 4.54. The van der Waals surface area contributed by atoms with E-state index in [1.165, 1.54) is 11.8 Å². The van der Waals surface area contributed by atoms with E-state index in [4.69, 9.17) is 5.73 Å². The molecule has 0 aliphatic heterocycles. The van der Waals surface area contributed by atoms with Gasteiger partial charge in [-0.3, -0.25) is 4.79 Å². The molecule has 2 N–H and O–H groups in total. The fourth-order valence-corrected chi connectivity index (χ4v) is 1.99. The van der Waals surface area contributed by atoms with E-state index in [0.29, 0.717) is 12.4 Å². The van der Waals surface area contributed by atoms with E-state index in [-0.39, 0.29) is 12.3 Å². The molecule has 0 saturated heterocycles. The van der Waals surface area contributed by atoms with Crippen molar-refractivity contribution in [3.05, 3.63) is 5.82 Å². The number of carbonyl (C=O) groups is 1. The number of nitrogens with zero attached hydrogens (tertiary/aromatic N) is 4. The van der Waals surface area contributed by atoms with Gasteiger partial charge in [0, 0.05) is 13.0 Å². The lowest BCUT2D eigenvalue weighted by atomic mass is 10.1. The second-order valence-electron chi connectivity index (χ2n) is 3.40. The first-order chi connectivity index (χ1) is 7.03. The van der Waals surface area contributed by atoms with Crippen LogP contribution in [0.1, 0.15) is 26.1 Å². The Morgan fingerprint density at radius 3 is 2.80 bits per heavy atom. The molecule has 0 spiro atoms. The first kappa shape index (κ1) is 12.0. The minimum absolute atomic E-state index is 0.231. The van der Waals surface area contributed by atoms with Gasteiger partial charge in [0.1, 0.15) is 0 Å². The summed E-state index contributed by atoms with van der Waals surface area (Å²) in [5, 5.41) is 11.4. The fraction of sp³-hybridized carbons (Fsp3) is 0.750. The molecular formula is C8H15N5OS. The molecule has 1 aromatic heterocycles. The van der Waals surface area contributed by atoms with Crippen molar-refractivity contribution in [2.45, 2.75) is 31.6 Å². The number of hydrogen-bond acceptors (Lipinski definition) is 5. The smallest absolute Gasteiger partial charge is 0.219 e. The summed E-state index contributed by atoms with van der Waals surface area (Å²) in [7, 11) is 0. The van der Waals surface area contributed by atoms with Gasteiger partial charge in [0.05, 0.1) is 4.75 Å². The summed E-state index contributed by atoms with van der Waals surface area (Å²) in [5.41, 5.74) is 5.22. The highest BCUT2D eigenvalue weighted by Crippen LogP contribution is 2.35. The maximum Gasteiger partial charge on any atom is 0.219 e. The highest BCUT2D eigenvalue weighted by molar-refractivity contribution is 7.99. The van der Waals surface area contributed by atoms with Crippen LogP contribution in [0.25, 0.3) is 0 Å². The van der Waals surface area contributed by atoms with Crippen LogP contribution < -0.4 is 5.73 Å². The van der Waals surface area contributed by atoms with Crippen molar-refractivity contribution >= 4 is 17.7 Å². The number of aryl methyl sites for hydroxylation is 1. The molecule has 1 rings (SSSR count). The van der Waals surface area contributed by atoms with Gasteiger partial charge in [-0.2, -0.15) is 11.8 Å². The first-order valence-electron chi connectivity index (χ1n) is 4.63. The molecule has 0 fully saturated rings. The van der Waals surface area contributed by atoms with Crippen LogP contribution in [0.3, 0.4) is 0 Å². The molecule has 0 bridgehead atoms. The summed E-state index contributed by atoms with van der Waals surface area (Å²) >= 11 is 1.52. The predicted octanol–water partition coefficient (Wildman–Crippen LogP) is 0.147. The number of amides is 1. The Kier molecular flexibility index (Phi) is 3.67. The summed E-state index contributed by atoms with van der Waals surface area (Å²) in [6.07, 6.45) is 2.14. The second kappa shape index (κ2) is 4.61. The van der Waals surface area contributed by atoms with Crippen LogP contribution in [0.4, 0.5) is 0 Å². The number of hydrogen-bond donors (Lipinski definition) is 1. The van der Waals surface area contributed by atoms with Gasteiger partial charge in [0.15, 0.2) is 5.82 Å². The molecule has 0 radical (unpaired) electrons. The Bertz CT molecular complexity index is 353. The molecule has 0 saturated carbocycles. The zero-order valence-electron chi connectivity index (χ0n) is 9.10. The Balaban J connectivity index is 3.04. The highest BCUT2D eigenvalue weighted by Gasteiger charge is 2.33. The Hall–Kier alpha value is -1.11. The van der Waals surface area contributed by atoms with Crippen molar-refractivity contribution in [3.63, 3.8) is 0 Å². The fourth-order valence-electron chi connectivity index (χ4n) is 1.37. The molecule has 1 amide bonds. The zero-order valence-corrected chi connectivity index (χ0v) is 9.91. The highest BCUT2D eigenvalue weighted by atomic mass is 32.2. The monoisotopic (exact) mass is 229 g/mol. The predicted molar refractivity (Wildman–Crippen MR) is 58.2 cm³/mol. The van der Waals surface area contributed by atoms with Crippen molar-refractivity contribution in [1.82, 2.24) is 20.2 Å². The van der Waals surface area contributed by atoms with Gasteiger partial charge < -0.3 is 5.73 Å². The third-order valence-electron chi connectivity index (χ3n) is 2.27. The van der Waals surface area contributed by atoms with Gasteiger partial charge in [0.2, 0.25) is 5.91 Å². The number of tetrazole rings is 1. The zero-order chi connectivity index (χ0) is 11.5. The molecule has 15 heavy (non-hydrogen) atoms. The average molecular weight is 229 g/mol. The van der Waals surface area contributed by atoms with E-state index >= 15 is 0 Å². The molecular weight excluding hydrogens is 214 g/mol. The van der Waals surface area contributed by atoms with Crippen LogP contribution in [0.15, 0.2) is 0 Å². The number of primary amides is 1. The average Bonchev–Trinajstić information content (AvgIpc) is 2.64. The van der Waals surface area contributed by atoms with Crippen LogP contribution in [0.2, 0.25) is 0 Å². The summed E-state index contributed by atoms with van der Waals surface area (Å²) in [5.74, 6) is 0.341. The van der Waals surface area contributed by atoms with Crippen LogP contribution >= 0.6 is 11.8 Å². The molecule has 84 valence electrons. The molecule has 0 aliphatic rings. The van der Waals surface area contributed by atoms with Crippen LogP contribution in [0, 0.1) is 0 Å². The summed E-state index contributed by atoms with van der Waals surface area (Å²) in [4.78, 5) is 11.0. The van der Waals surface area contributed by atoms with Gasteiger partial charge in [0.25, 0.3) is 0 Å². The SMILES string of the molecule is CCn1nnnc1C(C)(CC(N)=O)SC. The Labute approximate surface area is 92.6 Å². The van der Waals surface area contributed by atoms with Gasteiger partial charge in [-0.15, -0.1) is 5.10 Å². The largest absolute Gasteiger partial charge is 0.370 e. The van der Waals surface area contributed by atoms with Crippen LogP contribution in [-0.4, -0.2) is 32.4 Å². The topological polar surface area (TPSA) is 86.7 Å². The van der Waals surface area contributed by atoms with Gasteiger partial charge in [-0.05, 0) is 30.5 Å². The standard InChI is InChI=1S/C8H15N5OS/c1-4-13-7(10-11-12-13)8(2,15-3)5-6(9)14/h4-5H2,1-3H3,(H2,9,14). The Morgan fingerprint density at radius 1 is 1.67 bits per heavy atom. The molecule has 6 nitrogen and oxygen atoms in total. The van der Waals surface area contributed by atoms with Crippen LogP contribution in [0.5, 0.6) is 0 Å². The van der Waals surface area contributed by atoms with Crippen molar-refractivity contribution in [1.29, 1.82) is 0 Å². The van der Waals surface area contributed by atoms with Gasteiger partial charge in [-0.25, -0.2) is 4.68 Å². The molecule has 1 unspecified atom stereocenters. The van der Waals surface area contributed by atoms with Crippen molar-refractivity contribution in [2.24, 2.45) is 5.73 Å². The Morgan fingerprint density at radius 2 is 2.33 bits per heavy atom. The molecule has 0 aliphatic carbocycles. The van der Waals surface area contributed by atoms with E-state index in [9.17, 15) is 4.79 Å². The van der Waals surface area contributed by atoms with Gasteiger partial charge in [-0.1, -0.05) is 0 Å². The third-order valence-corrected chi connectivity index (χ3v) is 3.49. The number of thioether (sulfide) groups is 1. The van der Waals surface area contributed by atoms with Crippen molar-refractivity contribution in [3.8, 4) is 0 Å². The van der Waals surface area contributed by atoms with E-state index in [2.05, 4.69) is 15.5 Å². The lowest BCUT2D eigenvalue weighted by Crippen LogP contribution is -2.29. The number of rotatable bonds is 5. The minimum atomic E-state index is -0.453. The van der Waals surface area contributed by atoms with Crippen LogP contribution in [-0.2, 0) is 16.1 Å². The second-order valence-corrected chi connectivity index (χ2v) is 4.71. The summed E-state index contributed by atoms with van der Waals surface area (Å²) < 4.78 is 1.23. The normalized spacial score (nSPS) is 14.9. The molecule has 1 aromatic rings. The third kappa shape index (κ3) is 2.47. The summed E-state index contributed by atoms with van der Waals surface area (Å²) in [6, 6.07) is 0. The van der Waals surface area contributed by atoms with Crippen molar-refractivity contribution < 1.29 is 4.79 Å². The van der Waals surface area contributed by atoms with E-state index in [0.717, 1.165) is 0 Å². The lowest BCUT2D eigenvalue weighted by molar-refractivity contribution is -0.118. The van der Waals surface area contributed by atoms with E-state index < -0.39 is 4.75 Å². The van der Waals surface area contributed by atoms with Gasteiger partial charge >= 0.3 is 0 Å². The minimum Gasteiger partial charge on any atom is -0.370 e. The number of carbonyl (C=O) groups excluding carboxylic acids is 1. The number of nitrogens with two attached hydrogens (primary N) is 1. The van der Waals surface area contributed by atoms with Crippen molar-refractivity contribution in [2.75, 3.05) is 6.26 Å². The lowest BCUT2D eigenvalue weighted by Gasteiger charge is -2.24.